The number of aromatic nitrogens is 1. The van der Waals surface area contributed by atoms with Crippen molar-refractivity contribution in [3.05, 3.63) is 61.3 Å². The number of nitrogens with zero attached hydrogens (tertiary/aromatic N) is 2. The van der Waals surface area contributed by atoms with Crippen molar-refractivity contribution in [2.45, 2.75) is 0 Å². The molecule has 1 aromatic carbocycles. The number of aryl methyl sites for hydroxylation is 1. The van der Waals surface area contributed by atoms with Crippen LogP contribution in [0.1, 0.15) is 20.8 Å². The minimum absolute atomic E-state index is 0.165. The summed E-state index contributed by atoms with van der Waals surface area (Å²) in [5.74, 6) is -1.42. The number of hydrogen-bond donors (Lipinski definition) is 2. The van der Waals surface area contributed by atoms with Gasteiger partial charge in [0.1, 0.15) is 11.3 Å². The van der Waals surface area contributed by atoms with E-state index in [1.54, 1.807) is 23.9 Å². The van der Waals surface area contributed by atoms with Crippen molar-refractivity contribution < 1.29 is 14.5 Å². The van der Waals surface area contributed by atoms with Crippen LogP contribution in [0.3, 0.4) is 0 Å². The first-order chi connectivity index (χ1) is 10.8. The summed E-state index contributed by atoms with van der Waals surface area (Å²) in [6, 6.07) is 5.13. The average Bonchev–Trinajstić information content (AvgIpc) is 2.82. The lowest BCUT2D eigenvalue weighted by atomic mass is 10.1. The van der Waals surface area contributed by atoms with Gasteiger partial charge in [0, 0.05) is 28.8 Å². The van der Waals surface area contributed by atoms with Gasteiger partial charge in [-0.15, -0.1) is 0 Å². The van der Waals surface area contributed by atoms with Crippen LogP contribution in [0.15, 0.2) is 34.9 Å². The lowest BCUT2D eigenvalue weighted by Gasteiger charge is -2.08. The number of amides is 2. The van der Waals surface area contributed by atoms with E-state index in [0.717, 1.165) is 12.1 Å². The first-order valence-electron chi connectivity index (χ1n) is 6.16. The monoisotopic (exact) mass is 400 g/mol. The molecule has 0 bridgehead atoms. The fraction of sp³-hybridized carbons (Fsp3) is 0.0769. The molecule has 23 heavy (non-hydrogen) atoms. The molecule has 0 saturated carbocycles. The van der Waals surface area contributed by atoms with Crippen molar-refractivity contribution >= 4 is 45.0 Å². The molecule has 0 aliphatic rings. The highest BCUT2D eigenvalue weighted by Crippen LogP contribution is 2.22. The van der Waals surface area contributed by atoms with E-state index >= 15 is 0 Å². The largest absolute Gasteiger partial charge is 0.345 e. The van der Waals surface area contributed by atoms with Crippen LogP contribution in [-0.2, 0) is 7.05 Å². The molecule has 8 nitrogen and oxygen atoms in total. The number of benzene rings is 1. The fourth-order valence-corrected chi connectivity index (χ4v) is 2.54. The summed E-state index contributed by atoms with van der Waals surface area (Å²) in [6.45, 7) is 0. The summed E-state index contributed by atoms with van der Waals surface area (Å²) >= 11 is 8.97. The molecule has 0 aliphatic carbocycles. The maximum atomic E-state index is 12.0. The second-order valence-electron chi connectivity index (χ2n) is 4.48. The molecular formula is C13H10BrClN4O4. The van der Waals surface area contributed by atoms with E-state index in [9.17, 15) is 19.7 Å². The van der Waals surface area contributed by atoms with Crippen LogP contribution in [-0.4, -0.2) is 21.3 Å². The quantitative estimate of drug-likeness (QED) is 0.608. The topological polar surface area (TPSA) is 106 Å². The molecule has 2 aromatic rings. The number of hydrazine groups is 1. The normalized spacial score (nSPS) is 10.2. The number of carbonyl (C=O) groups excluding carboxylic acids is 2. The summed E-state index contributed by atoms with van der Waals surface area (Å²) in [5, 5.41) is 11.1. The molecule has 0 fully saturated rings. The Bertz CT molecular complexity index is 805. The molecule has 1 aromatic heterocycles. The standard InChI is InChI=1S/C13H10BrClN4O4/c1-18-6-7(14)4-11(18)13(21)17-16-12(20)9-5-8(15)2-3-10(9)19(22)23/h2-6H,1H3,(H,16,20)(H,17,21). The van der Waals surface area contributed by atoms with Gasteiger partial charge < -0.3 is 4.57 Å². The maximum Gasteiger partial charge on any atom is 0.286 e. The minimum atomic E-state index is -0.846. The van der Waals surface area contributed by atoms with E-state index in [2.05, 4.69) is 26.8 Å². The summed E-state index contributed by atoms with van der Waals surface area (Å²) in [4.78, 5) is 34.2. The second kappa shape index (κ2) is 6.80. The van der Waals surface area contributed by atoms with Crippen LogP contribution in [0, 0.1) is 10.1 Å². The van der Waals surface area contributed by atoms with E-state index in [4.69, 9.17) is 11.6 Å². The van der Waals surface area contributed by atoms with Gasteiger partial charge in [-0.05, 0) is 34.1 Å². The van der Waals surface area contributed by atoms with Gasteiger partial charge in [0.25, 0.3) is 17.5 Å². The highest BCUT2D eigenvalue weighted by Gasteiger charge is 2.21. The molecule has 0 saturated heterocycles. The summed E-state index contributed by atoms with van der Waals surface area (Å²) in [7, 11) is 1.66. The highest BCUT2D eigenvalue weighted by molar-refractivity contribution is 9.10. The molecule has 0 radical (unpaired) electrons. The van der Waals surface area contributed by atoms with Gasteiger partial charge in [-0.25, -0.2) is 0 Å². The van der Waals surface area contributed by atoms with Crippen molar-refractivity contribution in [3.8, 4) is 0 Å². The predicted molar refractivity (Wildman–Crippen MR) is 86.2 cm³/mol. The van der Waals surface area contributed by atoms with Crippen LogP contribution in [0.2, 0.25) is 5.02 Å². The van der Waals surface area contributed by atoms with Crippen molar-refractivity contribution in [2.75, 3.05) is 0 Å². The third kappa shape index (κ3) is 3.88. The number of carbonyl (C=O) groups is 2. The molecule has 10 heteroatoms. The third-order valence-corrected chi connectivity index (χ3v) is 3.56. The first-order valence-corrected chi connectivity index (χ1v) is 7.33. The van der Waals surface area contributed by atoms with Gasteiger partial charge >= 0.3 is 0 Å². The van der Waals surface area contributed by atoms with Gasteiger partial charge in [-0.1, -0.05) is 11.6 Å². The summed E-state index contributed by atoms with van der Waals surface area (Å²) < 4.78 is 2.25. The Labute approximate surface area is 143 Å². The van der Waals surface area contributed by atoms with Gasteiger partial charge in [0.05, 0.1) is 4.92 Å². The second-order valence-corrected chi connectivity index (χ2v) is 5.83. The van der Waals surface area contributed by atoms with Crippen LogP contribution in [0.25, 0.3) is 0 Å². The molecule has 0 spiro atoms. The number of hydrogen-bond acceptors (Lipinski definition) is 4. The van der Waals surface area contributed by atoms with Crippen LogP contribution >= 0.6 is 27.5 Å². The third-order valence-electron chi connectivity index (χ3n) is 2.89. The fourth-order valence-electron chi connectivity index (χ4n) is 1.84. The Morgan fingerprint density at radius 3 is 2.48 bits per heavy atom. The number of nitro groups is 1. The minimum Gasteiger partial charge on any atom is -0.345 e. The zero-order valence-electron chi connectivity index (χ0n) is 11.7. The van der Waals surface area contributed by atoms with E-state index in [0.29, 0.717) is 4.47 Å². The molecule has 2 rings (SSSR count). The first kappa shape index (κ1) is 17.0. The maximum absolute atomic E-state index is 12.0. The number of rotatable bonds is 3. The van der Waals surface area contributed by atoms with Crippen LogP contribution in [0.4, 0.5) is 5.69 Å². The predicted octanol–water partition coefficient (Wildman–Crippen LogP) is 2.42. The van der Waals surface area contributed by atoms with E-state index in [-0.39, 0.29) is 16.3 Å². The number of halogens is 2. The van der Waals surface area contributed by atoms with E-state index in [1.807, 2.05) is 0 Å². The molecule has 2 N–H and O–H groups in total. The molecule has 2 amide bonds. The van der Waals surface area contributed by atoms with Crippen LogP contribution in [0.5, 0.6) is 0 Å². The Morgan fingerprint density at radius 2 is 1.91 bits per heavy atom. The Kier molecular flexibility index (Phi) is 5.02. The molecule has 0 unspecified atom stereocenters. The summed E-state index contributed by atoms with van der Waals surface area (Å²) in [6.07, 6.45) is 1.67. The van der Waals surface area contributed by atoms with Crippen molar-refractivity contribution in [1.82, 2.24) is 15.4 Å². The molecular weight excluding hydrogens is 392 g/mol. The summed E-state index contributed by atoms with van der Waals surface area (Å²) in [5.41, 5.74) is 3.94. The smallest absolute Gasteiger partial charge is 0.286 e. The van der Waals surface area contributed by atoms with E-state index in [1.165, 1.54) is 6.07 Å². The highest BCUT2D eigenvalue weighted by atomic mass is 79.9. The lowest BCUT2D eigenvalue weighted by molar-refractivity contribution is -0.385. The Hall–Kier alpha value is -2.39. The average molecular weight is 402 g/mol. The number of nitrogens with one attached hydrogen (secondary N) is 2. The zero-order chi connectivity index (χ0) is 17.1. The van der Waals surface area contributed by atoms with Gasteiger partial charge in [-0.2, -0.15) is 0 Å². The van der Waals surface area contributed by atoms with Crippen molar-refractivity contribution in [3.63, 3.8) is 0 Å². The molecule has 0 aliphatic heterocycles. The SMILES string of the molecule is Cn1cc(Br)cc1C(=O)NNC(=O)c1cc(Cl)ccc1[N+](=O)[O-]. The molecule has 120 valence electrons. The van der Waals surface area contributed by atoms with Gasteiger partial charge in [0.2, 0.25) is 0 Å². The van der Waals surface area contributed by atoms with E-state index < -0.39 is 22.4 Å². The van der Waals surface area contributed by atoms with Crippen LogP contribution < -0.4 is 10.9 Å². The Morgan fingerprint density at radius 1 is 1.26 bits per heavy atom. The van der Waals surface area contributed by atoms with Gasteiger partial charge in [-0.3, -0.25) is 30.6 Å². The van der Waals surface area contributed by atoms with Crippen molar-refractivity contribution in [2.24, 2.45) is 7.05 Å². The molecule has 1 heterocycles. The zero-order valence-corrected chi connectivity index (χ0v) is 14.0. The molecule has 0 atom stereocenters. The Balaban J connectivity index is 2.14. The lowest BCUT2D eigenvalue weighted by Crippen LogP contribution is -2.42. The van der Waals surface area contributed by atoms with Gasteiger partial charge in [0.15, 0.2) is 0 Å². The van der Waals surface area contributed by atoms with Crippen molar-refractivity contribution in [1.29, 1.82) is 0 Å². The number of nitro benzene ring substituents is 1.